The number of anilines is 3. The summed E-state index contributed by atoms with van der Waals surface area (Å²) < 4.78 is 0. The van der Waals surface area contributed by atoms with E-state index in [0.717, 1.165) is 22.5 Å². The van der Waals surface area contributed by atoms with Crippen LogP contribution < -0.4 is 10.4 Å². The Kier molecular flexibility index (Phi) is 4.57. The van der Waals surface area contributed by atoms with Gasteiger partial charge in [0.1, 0.15) is 7.85 Å². The molecule has 0 amide bonds. The molecule has 0 N–H and O–H groups in total. The second-order valence-corrected chi connectivity index (χ2v) is 6.15. The highest BCUT2D eigenvalue weighted by atomic mass is 15.1. The fraction of sp³-hybridized carbons (Fsp3) is 0. The maximum Gasteiger partial charge on any atom is 0.116 e. The molecule has 0 spiro atoms. The topological polar surface area (TPSA) is 3.24 Å². The molecule has 4 aromatic rings. The van der Waals surface area contributed by atoms with Crippen molar-refractivity contribution in [3.8, 4) is 11.1 Å². The van der Waals surface area contributed by atoms with E-state index >= 15 is 0 Å². The number of rotatable bonds is 4. The Morgan fingerprint density at radius 1 is 0.500 bits per heavy atom. The van der Waals surface area contributed by atoms with Gasteiger partial charge in [-0.1, -0.05) is 84.3 Å². The minimum atomic E-state index is 0.751. The zero-order chi connectivity index (χ0) is 17.8. The van der Waals surface area contributed by atoms with Crippen molar-refractivity contribution in [2.45, 2.75) is 0 Å². The van der Waals surface area contributed by atoms with Crippen LogP contribution in [0.5, 0.6) is 0 Å². The molecule has 2 heteroatoms. The lowest BCUT2D eigenvalue weighted by Crippen LogP contribution is -2.18. The highest BCUT2D eigenvalue weighted by molar-refractivity contribution is 6.36. The quantitative estimate of drug-likeness (QED) is 0.439. The number of para-hydroxylation sites is 2. The van der Waals surface area contributed by atoms with Gasteiger partial charge < -0.3 is 4.90 Å². The van der Waals surface area contributed by atoms with Gasteiger partial charge >= 0.3 is 0 Å². The number of hydrogen-bond acceptors (Lipinski definition) is 1. The van der Waals surface area contributed by atoms with E-state index < -0.39 is 0 Å². The first-order valence-electron chi connectivity index (χ1n) is 8.68. The maximum absolute atomic E-state index is 6.30. The van der Waals surface area contributed by atoms with Crippen molar-refractivity contribution < 1.29 is 0 Å². The van der Waals surface area contributed by atoms with Crippen LogP contribution in [0.3, 0.4) is 0 Å². The lowest BCUT2D eigenvalue weighted by Gasteiger charge is -2.27. The summed E-state index contributed by atoms with van der Waals surface area (Å²) in [7, 11) is 6.30. The van der Waals surface area contributed by atoms with Crippen molar-refractivity contribution in [3.05, 3.63) is 109 Å². The molecule has 4 rings (SSSR count). The summed E-state index contributed by atoms with van der Waals surface area (Å²) in [5.41, 5.74) is 6.26. The average Bonchev–Trinajstić information content (AvgIpc) is 2.71. The second-order valence-electron chi connectivity index (χ2n) is 6.15. The first-order chi connectivity index (χ1) is 12.8. The average molecular weight is 331 g/mol. The van der Waals surface area contributed by atoms with Crippen molar-refractivity contribution in [1.82, 2.24) is 0 Å². The van der Waals surface area contributed by atoms with Gasteiger partial charge in [-0.3, -0.25) is 0 Å². The molecule has 0 fully saturated rings. The summed E-state index contributed by atoms with van der Waals surface area (Å²) in [6, 6.07) is 37.2. The van der Waals surface area contributed by atoms with Crippen LogP contribution in [0.4, 0.5) is 17.1 Å². The Hall–Kier alpha value is -3.26. The summed E-state index contributed by atoms with van der Waals surface area (Å²) in [6.07, 6.45) is 0. The van der Waals surface area contributed by atoms with Crippen molar-refractivity contribution in [3.63, 3.8) is 0 Å². The molecule has 0 atom stereocenters. The highest BCUT2D eigenvalue weighted by Crippen LogP contribution is 2.35. The smallest absolute Gasteiger partial charge is 0.116 e. The lowest BCUT2D eigenvalue weighted by atomic mass is 9.93. The first kappa shape index (κ1) is 16.2. The van der Waals surface area contributed by atoms with Gasteiger partial charge in [-0.25, -0.2) is 0 Å². The highest BCUT2D eigenvalue weighted by Gasteiger charge is 2.14. The molecular weight excluding hydrogens is 313 g/mol. The van der Waals surface area contributed by atoms with Gasteiger partial charge in [0.05, 0.1) is 0 Å². The van der Waals surface area contributed by atoms with Gasteiger partial charge in [0.15, 0.2) is 0 Å². The number of benzene rings is 4. The maximum atomic E-state index is 6.30. The van der Waals surface area contributed by atoms with Gasteiger partial charge in [0.25, 0.3) is 0 Å². The Balaban J connectivity index is 1.87. The van der Waals surface area contributed by atoms with E-state index in [2.05, 4.69) is 71.6 Å². The molecule has 0 saturated heterocycles. The number of hydrogen-bond donors (Lipinski definition) is 0. The summed E-state index contributed by atoms with van der Waals surface area (Å²) >= 11 is 0. The minimum absolute atomic E-state index is 0.751. The molecule has 0 aliphatic heterocycles. The van der Waals surface area contributed by atoms with E-state index in [4.69, 9.17) is 7.85 Å². The van der Waals surface area contributed by atoms with Crippen molar-refractivity contribution in [2.24, 2.45) is 0 Å². The SMILES string of the molecule is [B]c1ccccc1N(c1ccccc1)c1cccc(-c2ccccc2)c1. The number of nitrogens with zero attached hydrogens (tertiary/aromatic N) is 1. The first-order valence-corrected chi connectivity index (χ1v) is 8.68. The summed E-state index contributed by atoms with van der Waals surface area (Å²) in [4.78, 5) is 2.20. The zero-order valence-corrected chi connectivity index (χ0v) is 14.4. The monoisotopic (exact) mass is 331 g/mol. The summed E-state index contributed by atoms with van der Waals surface area (Å²) in [6.45, 7) is 0. The molecule has 0 bridgehead atoms. The lowest BCUT2D eigenvalue weighted by molar-refractivity contribution is 1.29. The van der Waals surface area contributed by atoms with Crippen molar-refractivity contribution in [2.75, 3.05) is 4.90 Å². The van der Waals surface area contributed by atoms with E-state index in [1.165, 1.54) is 11.1 Å². The molecule has 4 aromatic carbocycles. The Bertz CT molecular complexity index is 997. The van der Waals surface area contributed by atoms with E-state index in [9.17, 15) is 0 Å². The summed E-state index contributed by atoms with van der Waals surface area (Å²) in [5.74, 6) is 0. The largest absolute Gasteiger partial charge is 0.311 e. The van der Waals surface area contributed by atoms with Crippen LogP contribution >= 0.6 is 0 Å². The molecule has 0 saturated carbocycles. The molecule has 122 valence electrons. The van der Waals surface area contributed by atoms with Crippen molar-refractivity contribution in [1.29, 1.82) is 0 Å². The molecule has 2 radical (unpaired) electrons. The predicted molar refractivity (Wildman–Crippen MR) is 112 cm³/mol. The van der Waals surface area contributed by atoms with E-state index in [1.807, 2.05) is 42.5 Å². The van der Waals surface area contributed by atoms with Crippen molar-refractivity contribution >= 4 is 30.4 Å². The second kappa shape index (κ2) is 7.32. The van der Waals surface area contributed by atoms with E-state index in [1.54, 1.807) is 0 Å². The van der Waals surface area contributed by atoms with Crippen LogP contribution in [0.1, 0.15) is 0 Å². The molecule has 0 unspecified atom stereocenters. The van der Waals surface area contributed by atoms with Crippen LogP contribution in [-0.4, -0.2) is 7.85 Å². The minimum Gasteiger partial charge on any atom is -0.311 e. The molecule has 1 nitrogen and oxygen atoms in total. The fourth-order valence-corrected chi connectivity index (χ4v) is 3.15. The van der Waals surface area contributed by atoms with Crippen LogP contribution in [0.2, 0.25) is 0 Å². The Labute approximate surface area is 156 Å². The standard InChI is InChI=1S/C24H18BN/c25-23-16-7-8-17-24(23)26(21-13-5-2-6-14-21)22-15-9-12-20(18-22)19-10-3-1-4-11-19/h1-18H. The molecule has 0 aliphatic rings. The van der Waals surface area contributed by atoms with Gasteiger partial charge in [-0.05, 0) is 41.5 Å². The predicted octanol–water partition coefficient (Wildman–Crippen LogP) is 5.62. The molecule has 26 heavy (non-hydrogen) atoms. The third-order valence-corrected chi connectivity index (χ3v) is 4.40. The zero-order valence-electron chi connectivity index (χ0n) is 14.4. The van der Waals surface area contributed by atoms with E-state index in [0.29, 0.717) is 0 Å². The van der Waals surface area contributed by atoms with Gasteiger partial charge in [0.2, 0.25) is 0 Å². The van der Waals surface area contributed by atoms with Crippen LogP contribution in [-0.2, 0) is 0 Å². The molecule has 0 aliphatic carbocycles. The van der Waals surface area contributed by atoms with Gasteiger partial charge in [-0.15, -0.1) is 0 Å². The normalized spacial score (nSPS) is 10.5. The Morgan fingerprint density at radius 2 is 1.08 bits per heavy atom. The molecule has 0 heterocycles. The van der Waals surface area contributed by atoms with Gasteiger partial charge in [0, 0.05) is 17.1 Å². The molecular formula is C24H18BN. The fourth-order valence-electron chi connectivity index (χ4n) is 3.15. The van der Waals surface area contributed by atoms with E-state index in [-0.39, 0.29) is 0 Å². The third kappa shape index (κ3) is 3.27. The third-order valence-electron chi connectivity index (χ3n) is 4.40. The van der Waals surface area contributed by atoms with Gasteiger partial charge in [-0.2, -0.15) is 0 Å². The van der Waals surface area contributed by atoms with Crippen LogP contribution in [0, 0.1) is 0 Å². The Morgan fingerprint density at radius 3 is 1.81 bits per heavy atom. The molecule has 0 aromatic heterocycles. The van der Waals surface area contributed by atoms with Crippen LogP contribution in [0.15, 0.2) is 109 Å². The van der Waals surface area contributed by atoms with Crippen LogP contribution in [0.25, 0.3) is 11.1 Å². The summed E-state index contributed by atoms with van der Waals surface area (Å²) in [5, 5.41) is 0.